The lowest BCUT2D eigenvalue weighted by Crippen LogP contribution is -2.48. The van der Waals surface area contributed by atoms with Crippen molar-refractivity contribution in [1.29, 1.82) is 0 Å². The van der Waals surface area contributed by atoms with E-state index in [0.29, 0.717) is 12.5 Å². The number of amides is 1. The molecule has 0 aromatic heterocycles. The molecule has 4 nitrogen and oxygen atoms in total. The van der Waals surface area contributed by atoms with E-state index in [0.717, 1.165) is 31.9 Å². The van der Waals surface area contributed by atoms with Crippen molar-refractivity contribution in [1.82, 2.24) is 10.2 Å². The molecule has 1 atom stereocenters. The van der Waals surface area contributed by atoms with Crippen LogP contribution < -0.4 is 10.2 Å². The fourth-order valence-electron chi connectivity index (χ4n) is 2.44. The van der Waals surface area contributed by atoms with Gasteiger partial charge in [0.25, 0.3) is 0 Å². The predicted molar refractivity (Wildman–Crippen MR) is 78.4 cm³/mol. The fourth-order valence-corrected chi connectivity index (χ4v) is 2.44. The minimum atomic E-state index is 0.178. The van der Waals surface area contributed by atoms with E-state index in [1.807, 2.05) is 37.4 Å². The van der Waals surface area contributed by atoms with Gasteiger partial charge in [-0.05, 0) is 19.1 Å². The Morgan fingerprint density at radius 1 is 1.32 bits per heavy atom. The molecular formula is C15H23N3O. The molecule has 1 saturated heterocycles. The van der Waals surface area contributed by atoms with Crippen LogP contribution in [0.15, 0.2) is 30.3 Å². The number of carbonyl (C=O) groups is 1. The van der Waals surface area contributed by atoms with Gasteiger partial charge in [0.1, 0.15) is 0 Å². The van der Waals surface area contributed by atoms with Crippen LogP contribution in [0.1, 0.15) is 13.3 Å². The predicted octanol–water partition coefficient (Wildman–Crippen LogP) is 1.33. The first-order chi connectivity index (χ1) is 9.18. The number of piperazine rings is 1. The van der Waals surface area contributed by atoms with Crippen LogP contribution in [0.3, 0.4) is 0 Å². The van der Waals surface area contributed by atoms with Gasteiger partial charge in [0.2, 0.25) is 5.91 Å². The lowest BCUT2D eigenvalue weighted by Gasteiger charge is -2.33. The first-order valence-corrected chi connectivity index (χ1v) is 6.95. The van der Waals surface area contributed by atoms with E-state index >= 15 is 0 Å². The van der Waals surface area contributed by atoms with Gasteiger partial charge in [0, 0.05) is 51.4 Å². The molecule has 1 unspecified atom stereocenters. The van der Waals surface area contributed by atoms with Crippen molar-refractivity contribution >= 4 is 11.6 Å². The van der Waals surface area contributed by atoms with Crippen LogP contribution in [0.5, 0.6) is 0 Å². The van der Waals surface area contributed by atoms with Crippen LogP contribution >= 0.6 is 0 Å². The summed E-state index contributed by atoms with van der Waals surface area (Å²) in [6.07, 6.45) is 0.575. The molecule has 1 heterocycles. The van der Waals surface area contributed by atoms with E-state index in [9.17, 15) is 4.79 Å². The van der Waals surface area contributed by atoms with Gasteiger partial charge < -0.3 is 10.2 Å². The van der Waals surface area contributed by atoms with Gasteiger partial charge >= 0.3 is 0 Å². The van der Waals surface area contributed by atoms with Crippen molar-refractivity contribution in [2.45, 2.75) is 19.4 Å². The molecule has 0 radical (unpaired) electrons. The van der Waals surface area contributed by atoms with Crippen LogP contribution in [-0.4, -0.2) is 50.1 Å². The molecule has 0 aliphatic carbocycles. The molecule has 2 rings (SSSR count). The molecule has 0 spiro atoms. The molecule has 1 aromatic carbocycles. The maximum atomic E-state index is 12.3. The van der Waals surface area contributed by atoms with Crippen LogP contribution in [0.25, 0.3) is 0 Å². The number of nitrogens with zero attached hydrogens (tertiary/aromatic N) is 2. The van der Waals surface area contributed by atoms with E-state index in [4.69, 9.17) is 0 Å². The zero-order chi connectivity index (χ0) is 13.7. The summed E-state index contributed by atoms with van der Waals surface area (Å²) >= 11 is 0. The normalized spacial score (nSPS) is 18.0. The number of anilines is 1. The number of rotatable bonds is 4. The minimum Gasteiger partial charge on any atom is -0.315 e. The van der Waals surface area contributed by atoms with Gasteiger partial charge in [-0.3, -0.25) is 9.69 Å². The Morgan fingerprint density at radius 3 is 2.58 bits per heavy atom. The van der Waals surface area contributed by atoms with Crippen molar-refractivity contribution in [2.75, 3.05) is 38.1 Å². The standard InChI is InChI=1S/C15H23N3O/c1-13(18-10-8-16-9-11-18)12-15(19)17(2)14-6-4-3-5-7-14/h3-7,13,16H,8-12H2,1-2H3. The summed E-state index contributed by atoms with van der Waals surface area (Å²) < 4.78 is 0. The van der Waals surface area contributed by atoms with Crippen LogP contribution in [0.2, 0.25) is 0 Å². The lowest BCUT2D eigenvalue weighted by molar-refractivity contribution is -0.119. The van der Waals surface area contributed by atoms with Crippen LogP contribution in [-0.2, 0) is 4.79 Å². The highest BCUT2D eigenvalue weighted by molar-refractivity contribution is 5.93. The average molecular weight is 261 g/mol. The molecule has 1 aliphatic heterocycles. The molecule has 0 bridgehead atoms. The zero-order valence-electron chi connectivity index (χ0n) is 11.8. The number of para-hydroxylation sites is 1. The van der Waals surface area contributed by atoms with Gasteiger partial charge in [-0.25, -0.2) is 0 Å². The molecule has 4 heteroatoms. The van der Waals surface area contributed by atoms with Gasteiger partial charge in [-0.2, -0.15) is 0 Å². The average Bonchev–Trinajstić information content (AvgIpc) is 2.48. The highest BCUT2D eigenvalue weighted by Crippen LogP contribution is 2.14. The summed E-state index contributed by atoms with van der Waals surface area (Å²) in [6.45, 7) is 6.25. The molecule has 1 fully saturated rings. The first kappa shape index (κ1) is 14.0. The third-order valence-electron chi connectivity index (χ3n) is 3.76. The number of nitrogens with one attached hydrogen (secondary N) is 1. The Kier molecular flexibility index (Phi) is 4.93. The van der Waals surface area contributed by atoms with Crippen molar-refractivity contribution in [2.24, 2.45) is 0 Å². The topological polar surface area (TPSA) is 35.6 Å². The quantitative estimate of drug-likeness (QED) is 0.888. The Hall–Kier alpha value is -1.39. The van der Waals surface area contributed by atoms with Crippen LogP contribution in [0, 0.1) is 0 Å². The zero-order valence-corrected chi connectivity index (χ0v) is 11.8. The third-order valence-corrected chi connectivity index (χ3v) is 3.76. The number of hydrogen-bond donors (Lipinski definition) is 1. The third kappa shape index (κ3) is 3.78. The molecule has 0 saturated carbocycles. The molecule has 104 valence electrons. The molecule has 1 aromatic rings. The Balaban J connectivity index is 1.89. The van der Waals surface area contributed by atoms with E-state index in [2.05, 4.69) is 17.1 Å². The van der Waals surface area contributed by atoms with E-state index in [1.165, 1.54) is 0 Å². The first-order valence-electron chi connectivity index (χ1n) is 6.95. The Labute approximate surface area is 115 Å². The van der Waals surface area contributed by atoms with Crippen molar-refractivity contribution in [3.63, 3.8) is 0 Å². The molecule has 1 aliphatic rings. The summed E-state index contributed by atoms with van der Waals surface area (Å²) in [5, 5.41) is 3.33. The van der Waals surface area contributed by atoms with Gasteiger partial charge in [-0.15, -0.1) is 0 Å². The Morgan fingerprint density at radius 2 is 1.95 bits per heavy atom. The summed E-state index contributed by atoms with van der Waals surface area (Å²) in [4.78, 5) is 16.4. The molecule has 19 heavy (non-hydrogen) atoms. The summed E-state index contributed by atoms with van der Waals surface area (Å²) in [7, 11) is 1.85. The Bertz CT molecular complexity index is 401. The maximum absolute atomic E-state index is 12.3. The van der Waals surface area contributed by atoms with E-state index in [1.54, 1.807) is 4.90 Å². The second kappa shape index (κ2) is 6.68. The number of carbonyl (C=O) groups excluding carboxylic acids is 1. The van der Waals surface area contributed by atoms with Crippen molar-refractivity contribution < 1.29 is 4.79 Å². The van der Waals surface area contributed by atoms with Gasteiger partial charge in [0.05, 0.1) is 0 Å². The second-order valence-electron chi connectivity index (χ2n) is 5.13. The SMILES string of the molecule is CC(CC(=O)N(C)c1ccccc1)N1CCNCC1. The van der Waals surface area contributed by atoms with E-state index in [-0.39, 0.29) is 5.91 Å². The smallest absolute Gasteiger partial charge is 0.228 e. The monoisotopic (exact) mass is 261 g/mol. The lowest BCUT2D eigenvalue weighted by atomic mass is 10.1. The van der Waals surface area contributed by atoms with Gasteiger partial charge in [0.15, 0.2) is 0 Å². The van der Waals surface area contributed by atoms with E-state index < -0.39 is 0 Å². The molecule has 1 amide bonds. The molecule has 1 N–H and O–H groups in total. The highest BCUT2D eigenvalue weighted by Gasteiger charge is 2.21. The minimum absolute atomic E-state index is 0.178. The fraction of sp³-hybridized carbons (Fsp3) is 0.533. The number of benzene rings is 1. The van der Waals surface area contributed by atoms with Crippen molar-refractivity contribution in [3.05, 3.63) is 30.3 Å². The van der Waals surface area contributed by atoms with Gasteiger partial charge in [-0.1, -0.05) is 18.2 Å². The van der Waals surface area contributed by atoms with Crippen LogP contribution in [0.4, 0.5) is 5.69 Å². The summed E-state index contributed by atoms with van der Waals surface area (Å²) in [5.74, 6) is 0.178. The largest absolute Gasteiger partial charge is 0.315 e. The second-order valence-corrected chi connectivity index (χ2v) is 5.13. The van der Waals surface area contributed by atoms with Crippen molar-refractivity contribution in [3.8, 4) is 0 Å². The maximum Gasteiger partial charge on any atom is 0.228 e. The number of hydrogen-bond acceptors (Lipinski definition) is 3. The summed E-state index contributed by atoms with van der Waals surface area (Å²) in [5.41, 5.74) is 0.958. The molecular weight excluding hydrogens is 238 g/mol. The highest BCUT2D eigenvalue weighted by atomic mass is 16.2. The summed E-state index contributed by atoms with van der Waals surface area (Å²) in [6, 6.07) is 10.1.